The molecule has 2 unspecified atom stereocenters. The third kappa shape index (κ3) is 3.89. The Hall–Kier alpha value is -3.15. The van der Waals surface area contributed by atoms with Crippen LogP contribution in [0.15, 0.2) is 72.9 Å². The Morgan fingerprint density at radius 1 is 0.882 bits per heavy atom. The van der Waals surface area contributed by atoms with Crippen molar-refractivity contribution < 1.29 is 0 Å². The zero-order valence-electron chi connectivity index (χ0n) is 19.7. The first-order chi connectivity index (χ1) is 16.3. The van der Waals surface area contributed by atoms with E-state index >= 15 is 0 Å². The van der Waals surface area contributed by atoms with Gasteiger partial charge in [0.2, 0.25) is 0 Å². The van der Waals surface area contributed by atoms with Crippen molar-refractivity contribution in [3.63, 3.8) is 0 Å². The number of anilines is 1. The zero-order chi connectivity index (χ0) is 24.0. The number of pyridine rings is 1. The number of halogens is 1. The number of hydrogen-bond donors (Lipinski definition) is 1. The summed E-state index contributed by atoms with van der Waals surface area (Å²) in [6.45, 7) is 8.59. The number of benzene rings is 2. The van der Waals surface area contributed by atoms with E-state index in [1.165, 1.54) is 22.4 Å². The van der Waals surface area contributed by atoms with E-state index in [-0.39, 0.29) is 12.1 Å². The number of nitrogens with zero attached hydrogens (tertiary/aromatic N) is 3. The predicted octanol–water partition coefficient (Wildman–Crippen LogP) is 6.94. The minimum atomic E-state index is -0.0746. The van der Waals surface area contributed by atoms with Crippen LogP contribution in [0.25, 0.3) is 5.69 Å². The summed E-state index contributed by atoms with van der Waals surface area (Å²) in [4.78, 5) is 6.93. The maximum Gasteiger partial charge on any atom is 0.174 e. The average Bonchev–Trinajstić information content (AvgIpc) is 3.32. The molecule has 0 saturated carbocycles. The molecule has 5 rings (SSSR count). The molecule has 0 bridgehead atoms. The first kappa shape index (κ1) is 22.6. The van der Waals surface area contributed by atoms with E-state index in [1.54, 1.807) is 0 Å². The van der Waals surface area contributed by atoms with Crippen LogP contribution in [0.2, 0.25) is 5.02 Å². The van der Waals surface area contributed by atoms with Crippen LogP contribution in [0.1, 0.15) is 45.9 Å². The molecular weight excluding hydrogens is 460 g/mol. The van der Waals surface area contributed by atoms with Crippen LogP contribution in [0.3, 0.4) is 0 Å². The minimum absolute atomic E-state index is 0.0447. The number of aryl methyl sites for hydroxylation is 3. The number of nitrogens with one attached hydrogen (secondary N) is 1. The highest BCUT2D eigenvalue weighted by Gasteiger charge is 2.42. The molecule has 4 nitrogen and oxygen atoms in total. The molecule has 2 aromatic carbocycles. The maximum atomic E-state index is 6.16. The van der Waals surface area contributed by atoms with Gasteiger partial charge in [-0.25, -0.2) is 0 Å². The standard InChI is InChI=1S/C28H27ClN4S/c1-17-8-11-23(15-18(17)2)33-27(26(31-28(33)34)25-7-5-6-14-30-25)24-16-19(3)32(20(24)4)22-12-9-21(29)10-13-22/h5-16,26-27H,1-4H3,(H,31,34). The molecule has 1 N–H and O–H groups in total. The Labute approximate surface area is 211 Å². The van der Waals surface area contributed by atoms with Gasteiger partial charge in [-0.1, -0.05) is 23.7 Å². The second-order valence-electron chi connectivity index (χ2n) is 8.90. The predicted molar refractivity (Wildman–Crippen MR) is 144 cm³/mol. The summed E-state index contributed by atoms with van der Waals surface area (Å²) in [6.07, 6.45) is 1.84. The lowest BCUT2D eigenvalue weighted by molar-refractivity contribution is 0.565. The quantitative estimate of drug-likeness (QED) is 0.317. The van der Waals surface area contributed by atoms with Gasteiger partial charge in [0.15, 0.2) is 5.11 Å². The van der Waals surface area contributed by atoms with Crippen LogP contribution in [-0.4, -0.2) is 14.7 Å². The minimum Gasteiger partial charge on any atom is -0.351 e. The highest BCUT2D eigenvalue weighted by molar-refractivity contribution is 7.80. The Morgan fingerprint density at radius 3 is 2.29 bits per heavy atom. The molecule has 34 heavy (non-hydrogen) atoms. The van der Waals surface area contributed by atoms with Crippen molar-refractivity contribution in [2.45, 2.75) is 39.8 Å². The largest absolute Gasteiger partial charge is 0.351 e. The van der Waals surface area contributed by atoms with E-state index in [1.807, 2.05) is 30.5 Å². The van der Waals surface area contributed by atoms with Gasteiger partial charge in [0.25, 0.3) is 0 Å². The van der Waals surface area contributed by atoms with E-state index < -0.39 is 0 Å². The zero-order valence-corrected chi connectivity index (χ0v) is 21.3. The fourth-order valence-corrected chi connectivity index (χ4v) is 5.37. The summed E-state index contributed by atoms with van der Waals surface area (Å²) in [7, 11) is 0. The van der Waals surface area contributed by atoms with Crippen molar-refractivity contribution in [3.8, 4) is 5.69 Å². The Balaban J connectivity index is 1.68. The first-order valence-corrected chi connectivity index (χ1v) is 12.2. The van der Waals surface area contributed by atoms with Gasteiger partial charge in [-0.2, -0.15) is 0 Å². The highest BCUT2D eigenvalue weighted by Crippen LogP contribution is 2.44. The van der Waals surface area contributed by atoms with Gasteiger partial charge in [0.1, 0.15) is 0 Å². The van der Waals surface area contributed by atoms with E-state index in [0.29, 0.717) is 5.11 Å². The molecule has 1 saturated heterocycles. The van der Waals surface area contributed by atoms with Gasteiger partial charge in [0, 0.05) is 34.0 Å². The summed E-state index contributed by atoms with van der Waals surface area (Å²) in [5, 5.41) is 5.01. The number of aromatic nitrogens is 2. The Morgan fingerprint density at radius 2 is 1.62 bits per heavy atom. The molecule has 0 radical (unpaired) electrons. The molecule has 6 heteroatoms. The Kier molecular flexibility index (Phi) is 5.92. The molecule has 0 amide bonds. The van der Waals surface area contributed by atoms with Crippen molar-refractivity contribution >= 4 is 34.6 Å². The SMILES string of the molecule is Cc1ccc(N2C(=S)NC(c3ccccn3)C2c2cc(C)n(-c3ccc(Cl)cc3)c2C)cc1C. The summed E-state index contributed by atoms with van der Waals surface area (Å²) in [5.74, 6) is 0. The number of hydrogen-bond acceptors (Lipinski definition) is 2. The molecule has 4 aromatic rings. The maximum absolute atomic E-state index is 6.16. The topological polar surface area (TPSA) is 33.1 Å². The van der Waals surface area contributed by atoms with Crippen LogP contribution in [0.5, 0.6) is 0 Å². The van der Waals surface area contributed by atoms with Crippen LogP contribution in [0.4, 0.5) is 5.69 Å². The van der Waals surface area contributed by atoms with Crippen molar-refractivity contribution in [2.24, 2.45) is 0 Å². The molecule has 1 fully saturated rings. The molecule has 3 heterocycles. The molecule has 2 atom stereocenters. The van der Waals surface area contributed by atoms with Crippen molar-refractivity contribution in [3.05, 3.63) is 112 Å². The summed E-state index contributed by atoms with van der Waals surface area (Å²) in [6, 6.07) is 22.7. The molecule has 0 aliphatic carbocycles. The van der Waals surface area contributed by atoms with Crippen LogP contribution in [0, 0.1) is 27.7 Å². The molecule has 2 aromatic heterocycles. The smallest absolute Gasteiger partial charge is 0.174 e. The molecular formula is C28H27ClN4S. The Bertz CT molecular complexity index is 1360. The van der Waals surface area contributed by atoms with Gasteiger partial charge in [-0.05, 0) is 111 Å². The third-order valence-corrected chi connectivity index (χ3v) is 7.31. The fourth-order valence-electron chi connectivity index (χ4n) is 4.90. The number of rotatable bonds is 4. The van der Waals surface area contributed by atoms with Crippen LogP contribution < -0.4 is 10.2 Å². The average molecular weight is 487 g/mol. The third-order valence-electron chi connectivity index (χ3n) is 6.74. The van der Waals surface area contributed by atoms with Gasteiger partial charge in [-0.3, -0.25) is 4.98 Å². The second-order valence-corrected chi connectivity index (χ2v) is 9.73. The second kappa shape index (κ2) is 8.90. The van der Waals surface area contributed by atoms with Crippen LogP contribution >= 0.6 is 23.8 Å². The van der Waals surface area contributed by atoms with Crippen LogP contribution in [-0.2, 0) is 0 Å². The van der Waals surface area contributed by atoms with E-state index in [0.717, 1.165) is 27.8 Å². The van der Waals surface area contributed by atoms with E-state index in [4.69, 9.17) is 23.8 Å². The van der Waals surface area contributed by atoms with Crippen molar-refractivity contribution in [2.75, 3.05) is 4.90 Å². The fraction of sp³-hybridized carbons (Fsp3) is 0.214. The summed E-state index contributed by atoms with van der Waals surface area (Å²) in [5.41, 5.74) is 9.20. The molecule has 1 aliphatic rings. The normalized spacial score (nSPS) is 17.8. The first-order valence-electron chi connectivity index (χ1n) is 11.4. The summed E-state index contributed by atoms with van der Waals surface area (Å²) < 4.78 is 2.28. The van der Waals surface area contributed by atoms with E-state index in [2.05, 4.69) is 89.9 Å². The molecule has 0 spiro atoms. The highest BCUT2D eigenvalue weighted by atomic mass is 35.5. The lowest BCUT2D eigenvalue weighted by Gasteiger charge is -2.28. The summed E-state index contributed by atoms with van der Waals surface area (Å²) >= 11 is 12.1. The van der Waals surface area contributed by atoms with Gasteiger partial charge in [0.05, 0.1) is 17.8 Å². The molecule has 1 aliphatic heterocycles. The van der Waals surface area contributed by atoms with Gasteiger partial charge in [-0.15, -0.1) is 0 Å². The monoisotopic (exact) mass is 486 g/mol. The van der Waals surface area contributed by atoms with Crippen molar-refractivity contribution in [1.82, 2.24) is 14.9 Å². The molecule has 172 valence electrons. The van der Waals surface area contributed by atoms with Crippen molar-refractivity contribution in [1.29, 1.82) is 0 Å². The van der Waals surface area contributed by atoms with E-state index in [9.17, 15) is 0 Å². The van der Waals surface area contributed by atoms with Gasteiger partial charge >= 0.3 is 0 Å². The number of thiocarbonyl (C=S) groups is 1. The lowest BCUT2D eigenvalue weighted by Crippen LogP contribution is -2.29. The lowest BCUT2D eigenvalue weighted by atomic mass is 9.96. The van der Waals surface area contributed by atoms with Gasteiger partial charge < -0.3 is 14.8 Å².